The van der Waals surface area contributed by atoms with E-state index in [-0.39, 0.29) is 0 Å². The molecule has 0 spiro atoms. The second-order valence-electron chi connectivity index (χ2n) is 6.57. The zero-order chi connectivity index (χ0) is 16.5. The summed E-state index contributed by atoms with van der Waals surface area (Å²) in [6, 6.07) is 0. The molecule has 0 nitrogen and oxygen atoms in total. The van der Waals surface area contributed by atoms with Crippen molar-refractivity contribution in [3.8, 4) is 0 Å². The van der Waals surface area contributed by atoms with Gasteiger partial charge in [-0.2, -0.15) is 0 Å². The van der Waals surface area contributed by atoms with Gasteiger partial charge in [0, 0.05) is 49.1 Å². The van der Waals surface area contributed by atoms with Crippen LogP contribution in [0.2, 0.25) is 0 Å². The van der Waals surface area contributed by atoms with E-state index < -0.39 is 0 Å². The maximum absolute atomic E-state index is 2.33. The van der Waals surface area contributed by atoms with E-state index in [1.807, 2.05) is 0 Å². The van der Waals surface area contributed by atoms with Crippen LogP contribution in [0.15, 0.2) is 44.6 Å². The lowest BCUT2D eigenvalue weighted by atomic mass is 9.82. The molecule has 2 heteroatoms. The van der Waals surface area contributed by atoms with E-state index in [4.69, 9.17) is 0 Å². The molecule has 0 saturated heterocycles. The highest BCUT2D eigenvalue weighted by Gasteiger charge is 2.31. The van der Waals surface area contributed by atoms with Crippen LogP contribution in [0.25, 0.3) is 0 Å². The maximum atomic E-state index is 2.33. The Morgan fingerprint density at radius 2 is 0.714 bits per heavy atom. The molecule has 0 atom stereocenters. The first kappa shape index (κ1) is 19.5. The normalized spacial score (nSPS) is 20.9. The molecule has 118 valence electrons. The van der Waals surface area contributed by atoms with Gasteiger partial charge in [-0.3, -0.25) is 0 Å². The summed E-state index contributed by atoms with van der Waals surface area (Å²) in [6.45, 7) is 18.4. The Kier molecular flexibility index (Phi) is 7.23. The van der Waals surface area contributed by atoms with Crippen LogP contribution in [0.3, 0.4) is 0 Å². The van der Waals surface area contributed by atoms with Crippen molar-refractivity contribution in [2.45, 2.75) is 61.8 Å². The van der Waals surface area contributed by atoms with Crippen molar-refractivity contribution in [3.05, 3.63) is 44.6 Å². The van der Waals surface area contributed by atoms with Gasteiger partial charge in [-0.15, -0.1) is 0 Å². The van der Waals surface area contributed by atoms with Gasteiger partial charge in [0.05, 0.1) is 0 Å². The van der Waals surface area contributed by atoms with E-state index in [1.54, 1.807) is 22.3 Å². The summed E-state index contributed by atoms with van der Waals surface area (Å²) in [5.74, 6) is 1.32. The van der Waals surface area contributed by atoms with Gasteiger partial charge in [-0.05, 0) is 84.1 Å². The maximum Gasteiger partial charge on any atom is 0.00218 e. The second kappa shape index (κ2) is 7.80. The number of halogens is 2. The summed E-state index contributed by atoms with van der Waals surface area (Å²) in [7, 11) is 0. The highest BCUT2D eigenvalue weighted by molar-refractivity contribution is 15.0. The zero-order valence-corrected chi connectivity index (χ0v) is 18.9. The van der Waals surface area contributed by atoms with Crippen LogP contribution < -0.4 is 0 Å². The monoisotopic (exact) mass is 510 g/mol. The molecule has 0 aromatic rings. The highest BCUT2D eigenvalue weighted by Crippen LogP contribution is 2.46. The molecule has 0 bridgehead atoms. The molecule has 2 aliphatic rings. The average Bonchev–Trinajstić information content (AvgIpc) is 2.79. The SMILES string of the molecule is CC1=C(C)C(CC2C(C)=C(C)C(C)=C2C)C(C)=C1C.II. The summed E-state index contributed by atoms with van der Waals surface area (Å²) in [4.78, 5) is 0. The van der Waals surface area contributed by atoms with Crippen LogP contribution in [0, 0.1) is 11.8 Å². The van der Waals surface area contributed by atoms with Crippen molar-refractivity contribution in [3.63, 3.8) is 0 Å². The fraction of sp³-hybridized carbons (Fsp3) is 0.579. The molecule has 2 aliphatic carbocycles. The Hall–Kier alpha value is 0.420. The summed E-state index contributed by atoms with van der Waals surface area (Å²) in [5.41, 5.74) is 12.5. The molecular formula is C19H28I2. The summed E-state index contributed by atoms with van der Waals surface area (Å²) >= 11 is 4.24. The summed E-state index contributed by atoms with van der Waals surface area (Å²) < 4.78 is 0. The molecule has 0 N–H and O–H groups in total. The Labute approximate surface area is 154 Å². The fourth-order valence-corrected chi connectivity index (χ4v) is 3.82. The van der Waals surface area contributed by atoms with Gasteiger partial charge >= 0.3 is 0 Å². The first-order valence-electron chi connectivity index (χ1n) is 7.61. The van der Waals surface area contributed by atoms with Crippen LogP contribution >= 0.6 is 37.2 Å². The standard InChI is InChI=1S/C19H28.I2/c1-10-11(2)15(6)18(14(10)5)9-19-16(7)12(3)13(4)17(19)8;1-2/h18-19H,9H2,1-8H3;. The number of allylic oxidation sites excluding steroid dienone is 8. The van der Waals surface area contributed by atoms with Gasteiger partial charge in [0.25, 0.3) is 0 Å². The quantitative estimate of drug-likeness (QED) is 0.334. The second-order valence-corrected chi connectivity index (χ2v) is 6.57. The largest absolute Gasteiger partial charge is 0.0629 e. The summed E-state index contributed by atoms with van der Waals surface area (Å²) in [6.07, 6.45) is 1.26. The van der Waals surface area contributed by atoms with Crippen molar-refractivity contribution in [1.29, 1.82) is 0 Å². The predicted molar refractivity (Wildman–Crippen MR) is 113 cm³/mol. The molecule has 2 rings (SSSR count). The van der Waals surface area contributed by atoms with Crippen molar-refractivity contribution >= 4 is 37.2 Å². The molecule has 0 heterocycles. The minimum absolute atomic E-state index is 0.661. The Bertz CT molecular complexity index is 458. The van der Waals surface area contributed by atoms with E-state index in [1.165, 1.54) is 28.7 Å². The lowest BCUT2D eigenvalue weighted by Crippen LogP contribution is -2.11. The lowest BCUT2D eigenvalue weighted by Gasteiger charge is -2.22. The molecule has 0 aromatic carbocycles. The minimum Gasteiger partial charge on any atom is -0.0629 e. The third kappa shape index (κ3) is 3.51. The Balaban J connectivity index is 0.00000106. The van der Waals surface area contributed by atoms with Crippen molar-refractivity contribution < 1.29 is 0 Å². The van der Waals surface area contributed by atoms with Gasteiger partial charge in [0.1, 0.15) is 0 Å². The predicted octanol–water partition coefficient (Wildman–Crippen LogP) is 7.75. The van der Waals surface area contributed by atoms with Crippen molar-refractivity contribution in [2.24, 2.45) is 11.8 Å². The third-order valence-electron chi connectivity index (χ3n) is 6.05. The molecule has 0 aliphatic heterocycles. The molecule has 0 amide bonds. The zero-order valence-electron chi connectivity index (χ0n) is 14.6. The van der Waals surface area contributed by atoms with E-state index in [2.05, 4.69) is 92.6 Å². The topological polar surface area (TPSA) is 0 Å². The number of rotatable bonds is 2. The van der Waals surface area contributed by atoms with Crippen LogP contribution in [0.1, 0.15) is 61.8 Å². The lowest BCUT2D eigenvalue weighted by molar-refractivity contribution is 0.547. The molecule has 0 aromatic heterocycles. The van der Waals surface area contributed by atoms with Crippen molar-refractivity contribution in [2.75, 3.05) is 0 Å². The fourth-order valence-electron chi connectivity index (χ4n) is 3.82. The van der Waals surface area contributed by atoms with E-state index in [9.17, 15) is 0 Å². The molecular weight excluding hydrogens is 482 g/mol. The Morgan fingerprint density at radius 3 is 0.905 bits per heavy atom. The number of hydrogen-bond acceptors (Lipinski definition) is 0. The average molecular weight is 510 g/mol. The van der Waals surface area contributed by atoms with E-state index in [0.717, 1.165) is 0 Å². The smallest absolute Gasteiger partial charge is 0.00218 e. The van der Waals surface area contributed by atoms with Crippen LogP contribution in [0.4, 0.5) is 0 Å². The molecule has 0 radical (unpaired) electrons. The van der Waals surface area contributed by atoms with Crippen LogP contribution in [-0.4, -0.2) is 0 Å². The first-order chi connectivity index (χ1) is 9.77. The van der Waals surface area contributed by atoms with Gasteiger partial charge in [-0.25, -0.2) is 0 Å². The first-order valence-corrected chi connectivity index (χ1v) is 13.9. The van der Waals surface area contributed by atoms with Gasteiger partial charge in [0.2, 0.25) is 0 Å². The third-order valence-corrected chi connectivity index (χ3v) is 6.05. The summed E-state index contributed by atoms with van der Waals surface area (Å²) in [5, 5.41) is 0. The Morgan fingerprint density at radius 1 is 0.524 bits per heavy atom. The highest BCUT2D eigenvalue weighted by atomic mass is 128. The van der Waals surface area contributed by atoms with Crippen LogP contribution in [-0.2, 0) is 0 Å². The molecule has 0 unspecified atom stereocenters. The molecule has 0 saturated carbocycles. The molecule has 0 fully saturated rings. The van der Waals surface area contributed by atoms with Crippen molar-refractivity contribution in [1.82, 2.24) is 0 Å². The van der Waals surface area contributed by atoms with Crippen LogP contribution in [0.5, 0.6) is 0 Å². The van der Waals surface area contributed by atoms with E-state index >= 15 is 0 Å². The molecule has 21 heavy (non-hydrogen) atoms. The van der Waals surface area contributed by atoms with Gasteiger partial charge < -0.3 is 0 Å². The minimum atomic E-state index is 0.661. The van der Waals surface area contributed by atoms with E-state index in [0.29, 0.717) is 11.8 Å². The van der Waals surface area contributed by atoms with Gasteiger partial charge in [0.15, 0.2) is 0 Å². The number of hydrogen-bond donors (Lipinski definition) is 0. The van der Waals surface area contributed by atoms with Gasteiger partial charge in [-0.1, -0.05) is 22.3 Å².